The molecule has 1 heterocycles. The summed E-state index contributed by atoms with van der Waals surface area (Å²) >= 11 is 0.908. The van der Waals surface area contributed by atoms with Crippen LogP contribution in [-0.2, 0) is 0 Å². The van der Waals surface area contributed by atoms with Crippen LogP contribution in [0.5, 0.6) is 0 Å². The molecule has 0 atom stereocenters. The van der Waals surface area contributed by atoms with E-state index in [1.165, 1.54) is 11.4 Å². The Morgan fingerprint density at radius 3 is 3.00 bits per heavy atom. The fourth-order valence-electron chi connectivity index (χ4n) is 0.773. The van der Waals surface area contributed by atoms with E-state index >= 15 is 0 Å². The Balaban J connectivity index is 2.72. The van der Waals surface area contributed by atoms with Crippen molar-refractivity contribution in [1.29, 1.82) is 0 Å². The second kappa shape index (κ2) is 4.39. The lowest BCUT2D eigenvalue weighted by Crippen LogP contribution is -2.22. The molecule has 1 aromatic rings. The maximum absolute atomic E-state index is 11.2. The van der Waals surface area contributed by atoms with Crippen molar-refractivity contribution in [3.63, 3.8) is 0 Å². The van der Waals surface area contributed by atoms with Crippen molar-refractivity contribution in [3.8, 4) is 12.3 Å². The molecule has 0 spiro atoms. The first-order valence-corrected chi connectivity index (χ1v) is 4.47. The van der Waals surface area contributed by atoms with E-state index in [4.69, 9.17) is 6.42 Å². The molecule has 1 amide bonds. The number of nitro groups is 1. The summed E-state index contributed by atoms with van der Waals surface area (Å²) in [6.07, 6.45) is 4.94. The lowest BCUT2D eigenvalue weighted by molar-refractivity contribution is -0.380. The molecule has 0 fully saturated rings. The molecular weight excluding hydrogens is 204 g/mol. The van der Waals surface area contributed by atoms with Crippen LogP contribution in [0.2, 0.25) is 0 Å². The predicted molar refractivity (Wildman–Crippen MR) is 52.1 cm³/mol. The van der Waals surface area contributed by atoms with Crippen LogP contribution in [0.15, 0.2) is 11.4 Å². The Morgan fingerprint density at radius 1 is 1.79 bits per heavy atom. The van der Waals surface area contributed by atoms with Crippen LogP contribution in [0, 0.1) is 22.5 Å². The zero-order chi connectivity index (χ0) is 10.6. The van der Waals surface area contributed by atoms with Crippen molar-refractivity contribution in [2.24, 2.45) is 0 Å². The van der Waals surface area contributed by atoms with Gasteiger partial charge in [0.05, 0.1) is 17.0 Å². The monoisotopic (exact) mass is 210 g/mol. The fraction of sp³-hybridized carbons (Fsp3) is 0.125. The molecule has 0 saturated carbocycles. The lowest BCUT2D eigenvalue weighted by Gasteiger charge is -1.95. The van der Waals surface area contributed by atoms with Crippen molar-refractivity contribution in [2.75, 3.05) is 6.54 Å². The minimum Gasteiger partial charge on any atom is -0.341 e. The third-order valence-corrected chi connectivity index (χ3v) is 2.26. The van der Waals surface area contributed by atoms with Gasteiger partial charge >= 0.3 is 5.00 Å². The van der Waals surface area contributed by atoms with Gasteiger partial charge in [-0.1, -0.05) is 17.3 Å². The number of thiophene rings is 1. The molecule has 6 heteroatoms. The molecule has 0 aliphatic heterocycles. The van der Waals surface area contributed by atoms with Gasteiger partial charge in [-0.05, 0) is 0 Å². The second-order valence-electron chi connectivity index (χ2n) is 2.32. The zero-order valence-electron chi connectivity index (χ0n) is 7.02. The Morgan fingerprint density at radius 2 is 2.50 bits per heavy atom. The van der Waals surface area contributed by atoms with Crippen molar-refractivity contribution in [2.45, 2.75) is 0 Å². The summed E-state index contributed by atoms with van der Waals surface area (Å²) in [6.45, 7) is 0.114. The van der Waals surface area contributed by atoms with Crippen molar-refractivity contribution < 1.29 is 9.72 Å². The topological polar surface area (TPSA) is 72.2 Å². The molecule has 0 aliphatic carbocycles. The van der Waals surface area contributed by atoms with Gasteiger partial charge in [-0.15, -0.1) is 6.42 Å². The Bertz CT molecular complexity index is 405. The summed E-state index contributed by atoms with van der Waals surface area (Å²) in [6, 6.07) is 1.22. The predicted octanol–water partition coefficient (Wildman–Crippen LogP) is 1.02. The van der Waals surface area contributed by atoms with E-state index < -0.39 is 10.8 Å². The van der Waals surface area contributed by atoms with E-state index in [0.29, 0.717) is 0 Å². The van der Waals surface area contributed by atoms with Gasteiger partial charge in [-0.25, -0.2) is 0 Å². The fourth-order valence-corrected chi connectivity index (χ4v) is 1.48. The number of amides is 1. The summed E-state index contributed by atoms with van der Waals surface area (Å²) in [5.74, 6) is 1.84. The first-order chi connectivity index (χ1) is 6.65. The van der Waals surface area contributed by atoms with Crippen LogP contribution in [0.25, 0.3) is 0 Å². The number of carbonyl (C=O) groups excluding carboxylic acids is 1. The maximum Gasteiger partial charge on any atom is 0.324 e. The van der Waals surface area contributed by atoms with E-state index in [0.717, 1.165) is 11.3 Å². The Kier molecular flexibility index (Phi) is 3.20. The minimum absolute atomic E-state index is 0.0594. The number of hydrogen-bond acceptors (Lipinski definition) is 4. The Labute approximate surface area is 83.9 Å². The SMILES string of the molecule is C#CCNC(=O)c1csc([N+](=O)[O-])c1. The number of carbonyl (C=O) groups is 1. The lowest BCUT2D eigenvalue weighted by atomic mass is 10.3. The second-order valence-corrected chi connectivity index (χ2v) is 3.21. The molecule has 14 heavy (non-hydrogen) atoms. The van der Waals surface area contributed by atoms with Gasteiger partial charge in [0.15, 0.2) is 0 Å². The van der Waals surface area contributed by atoms with Gasteiger partial charge < -0.3 is 5.32 Å². The molecule has 0 bridgehead atoms. The van der Waals surface area contributed by atoms with Crippen LogP contribution in [0.1, 0.15) is 10.4 Å². The summed E-state index contributed by atoms with van der Waals surface area (Å²) < 4.78 is 0. The maximum atomic E-state index is 11.2. The van der Waals surface area contributed by atoms with Crippen LogP contribution in [-0.4, -0.2) is 17.4 Å². The van der Waals surface area contributed by atoms with E-state index in [1.807, 2.05) is 0 Å². The van der Waals surface area contributed by atoms with Crippen molar-refractivity contribution in [3.05, 3.63) is 27.1 Å². The summed E-state index contributed by atoms with van der Waals surface area (Å²) in [5, 5.41) is 14.1. The molecule has 72 valence electrons. The van der Waals surface area contributed by atoms with Gasteiger partial charge in [-0.3, -0.25) is 14.9 Å². The highest BCUT2D eigenvalue weighted by Crippen LogP contribution is 2.22. The average Bonchev–Trinajstić information content (AvgIpc) is 2.62. The van der Waals surface area contributed by atoms with Crippen LogP contribution in [0.4, 0.5) is 5.00 Å². The molecule has 0 aromatic carbocycles. The first-order valence-electron chi connectivity index (χ1n) is 3.59. The number of nitrogens with one attached hydrogen (secondary N) is 1. The van der Waals surface area contributed by atoms with E-state index in [1.54, 1.807) is 0 Å². The number of hydrogen-bond donors (Lipinski definition) is 1. The number of rotatable bonds is 3. The quantitative estimate of drug-likeness (QED) is 0.460. The van der Waals surface area contributed by atoms with Crippen molar-refractivity contribution >= 4 is 22.2 Å². The highest BCUT2D eigenvalue weighted by Gasteiger charge is 2.13. The highest BCUT2D eigenvalue weighted by molar-refractivity contribution is 7.13. The van der Waals surface area contributed by atoms with Gasteiger partial charge in [0.2, 0.25) is 0 Å². The standard InChI is InChI=1S/C8H6N2O3S/c1-2-3-9-8(11)6-4-7(10(12)13)14-5-6/h1,4-5H,3H2,(H,9,11). The van der Waals surface area contributed by atoms with Crippen LogP contribution in [0.3, 0.4) is 0 Å². The number of terminal acetylenes is 1. The third kappa shape index (κ3) is 2.31. The first kappa shape index (κ1) is 10.2. The molecule has 1 rings (SSSR count). The summed E-state index contributed by atoms with van der Waals surface area (Å²) in [5.41, 5.74) is 0.261. The van der Waals surface area contributed by atoms with E-state index in [-0.39, 0.29) is 17.1 Å². The highest BCUT2D eigenvalue weighted by atomic mass is 32.1. The molecule has 0 radical (unpaired) electrons. The smallest absolute Gasteiger partial charge is 0.324 e. The molecule has 1 aromatic heterocycles. The van der Waals surface area contributed by atoms with Gasteiger partial charge in [0.25, 0.3) is 5.91 Å². The average molecular weight is 210 g/mol. The molecule has 1 N–H and O–H groups in total. The molecule has 5 nitrogen and oxygen atoms in total. The van der Waals surface area contributed by atoms with E-state index in [2.05, 4.69) is 11.2 Å². The third-order valence-electron chi connectivity index (χ3n) is 1.38. The molecule has 0 unspecified atom stereocenters. The van der Waals surface area contributed by atoms with Crippen molar-refractivity contribution in [1.82, 2.24) is 5.32 Å². The van der Waals surface area contributed by atoms with Gasteiger partial charge in [-0.2, -0.15) is 0 Å². The minimum atomic E-state index is -0.539. The molecular formula is C8H6N2O3S. The number of nitrogens with zero attached hydrogens (tertiary/aromatic N) is 1. The van der Waals surface area contributed by atoms with Gasteiger partial charge in [0, 0.05) is 11.4 Å². The molecule has 0 aliphatic rings. The largest absolute Gasteiger partial charge is 0.341 e. The van der Waals surface area contributed by atoms with Crippen LogP contribution >= 0.6 is 11.3 Å². The molecule has 0 saturated heterocycles. The van der Waals surface area contributed by atoms with Gasteiger partial charge in [0.1, 0.15) is 0 Å². The Hall–Kier alpha value is -1.87. The van der Waals surface area contributed by atoms with E-state index in [9.17, 15) is 14.9 Å². The normalized spacial score (nSPS) is 9.07. The van der Waals surface area contributed by atoms with Crippen LogP contribution < -0.4 is 5.32 Å². The zero-order valence-corrected chi connectivity index (χ0v) is 7.84. The summed E-state index contributed by atoms with van der Waals surface area (Å²) in [7, 11) is 0. The summed E-state index contributed by atoms with van der Waals surface area (Å²) in [4.78, 5) is 21.0.